The lowest BCUT2D eigenvalue weighted by molar-refractivity contribution is 0.411. The van der Waals surface area contributed by atoms with Gasteiger partial charge in [0.05, 0.1) is 12.8 Å². The van der Waals surface area contributed by atoms with E-state index in [0.29, 0.717) is 0 Å². The SMILES string of the molecule is C=CCN(C)c1cc(C(C)(C)C)cc(C)c1OC. The minimum absolute atomic E-state index is 0.140. The maximum Gasteiger partial charge on any atom is 0.145 e. The fraction of sp³-hybridized carbons (Fsp3) is 0.500. The van der Waals surface area contributed by atoms with Crippen LogP contribution in [0.4, 0.5) is 5.69 Å². The molecule has 0 saturated carbocycles. The summed E-state index contributed by atoms with van der Waals surface area (Å²) in [5, 5.41) is 0. The number of nitrogens with zero attached hydrogens (tertiary/aromatic N) is 1. The summed E-state index contributed by atoms with van der Waals surface area (Å²) in [5.41, 5.74) is 3.77. The molecule has 0 atom stereocenters. The molecule has 0 heterocycles. The average Bonchev–Trinajstić information content (AvgIpc) is 2.27. The fourth-order valence-electron chi connectivity index (χ4n) is 2.03. The third-order valence-corrected chi connectivity index (χ3v) is 3.14. The van der Waals surface area contributed by atoms with Crippen molar-refractivity contribution in [1.82, 2.24) is 0 Å². The highest BCUT2D eigenvalue weighted by Crippen LogP contribution is 2.36. The maximum atomic E-state index is 5.54. The van der Waals surface area contributed by atoms with Crippen molar-refractivity contribution in [3.8, 4) is 5.75 Å². The summed E-state index contributed by atoms with van der Waals surface area (Å²) in [6, 6.07) is 4.43. The van der Waals surface area contributed by atoms with E-state index in [-0.39, 0.29) is 5.41 Å². The van der Waals surface area contributed by atoms with E-state index < -0.39 is 0 Å². The zero-order valence-electron chi connectivity index (χ0n) is 12.5. The largest absolute Gasteiger partial charge is 0.494 e. The lowest BCUT2D eigenvalue weighted by Gasteiger charge is -2.26. The number of methoxy groups -OCH3 is 1. The first-order chi connectivity index (χ1) is 8.31. The maximum absolute atomic E-state index is 5.54. The molecule has 18 heavy (non-hydrogen) atoms. The van der Waals surface area contributed by atoms with E-state index in [1.165, 1.54) is 11.1 Å². The molecule has 100 valence electrons. The van der Waals surface area contributed by atoms with Crippen LogP contribution in [0.25, 0.3) is 0 Å². The first kappa shape index (κ1) is 14.6. The Labute approximate surface area is 111 Å². The van der Waals surface area contributed by atoms with Gasteiger partial charge in [0.2, 0.25) is 0 Å². The Hall–Kier alpha value is -1.44. The van der Waals surface area contributed by atoms with Gasteiger partial charge in [0, 0.05) is 13.6 Å². The molecule has 0 saturated heterocycles. The number of likely N-dealkylation sites (N-methyl/N-ethyl adjacent to an activating group) is 1. The van der Waals surface area contributed by atoms with Gasteiger partial charge in [-0.05, 0) is 29.5 Å². The highest BCUT2D eigenvalue weighted by atomic mass is 16.5. The smallest absolute Gasteiger partial charge is 0.145 e. The van der Waals surface area contributed by atoms with Crippen LogP contribution in [0.3, 0.4) is 0 Å². The first-order valence-corrected chi connectivity index (χ1v) is 6.32. The highest BCUT2D eigenvalue weighted by molar-refractivity contribution is 5.64. The van der Waals surface area contributed by atoms with Crippen LogP contribution in [0, 0.1) is 6.92 Å². The Balaban J connectivity index is 3.36. The van der Waals surface area contributed by atoms with E-state index in [9.17, 15) is 0 Å². The van der Waals surface area contributed by atoms with Gasteiger partial charge < -0.3 is 9.64 Å². The third-order valence-electron chi connectivity index (χ3n) is 3.14. The molecule has 0 amide bonds. The lowest BCUT2D eigenvalue weighted by atomic mass is 9.85. The Morgan fingerprint density at radius 2 is 1.94 bits per heavy atom. The standard InChI is InChI=1S/C16H25NO/c1-8-9-17(6)14-11-13(16(3,4)5)10-12(2)15(14)18-7/h8,10-11H,1,9H2,2-7H3. The van der Waals surface area contributed by atoms with Crippen LogP contribution in [0.2, 0.25) is 0 Å². The quantitative estimate of drug-likeness (QED) is 0.748. The molecule has 0 aliphatic carbocycles. The molecule has 0 unspecified atom stereocenters. The molecule has 1 rings (SSSR count). The summed E-state index contributed by atoms with van der Waals surface area (Å²) in [6.07, 6.45) is 1.90. The Morgan fingerprint density at radius 1 is 1.33 bits per heavy atom. The topological polar surface area (TPSA) is 12.5 Å². The fourth-order valence-corrected chi connectivity index (χ4v) is 2.03. The highest BCUT2D eigenvalue weighted by Gasteiger charge is 2.19. The predicted molar refractivity (Wildman–Crippen MR) is 79.9 cm³/mol. The molecule has 0 aromatic heterocycles. The molecule has 0 fully saturated rings. The molecule has 0 bridgehead atoms. The number of anilines is 1. The number of rotatable bonds is 4. The van der Waals surface area contributed by atoms with Gasteiger partial charge >= 0.3 is 0 Å². The molecule has 2 nitrogen and oxygen atoms in total. The number of ether oxygens (including phenoxy) is 1. The molecule has 0 radical (unpaired) electrons. The van der Waals surface area contributed by atoms with Crippen LogP contribution < -0.4 is 9.64 Å². The number of hydrogen-bond acceptors (Lipinski definition) is 2. The first-order valence-electron chi connectivity index (χ1n) is 6.32. The Kier molecular flexibility index (Phi) is 4.44. The van der Waals surface area contributed by atoms with Gasteiger partial charge in [-0.2, -0.15) is 0 Å². The predicted octanol–water partition coefficient (Wildman–Crippen LogP) is 3.92. The van der Waals surface area contributed by atoms with Crippen LogP contribution in [-0.2, 0) is 5.41 Å². The van der Waals surface area contributed by atoms with Gasteiger partial charge in [-0.1, -0.05) is 32.9 Å². The normalized spacial score (nSPS) is 11.2. The van der Waals surface area contributed by atoms with Crippen LogP contribution in [0.15, 0.2) is 24.8 Å². The van der Waals surface area contributed by atoms with Crippen molar-refractivity contribution in [2.24, 2.45) is 0 Å². The monoisotopic (exact) mass is 247 g/mol. The summed E-state index contributed by atoms with van der Waals surface area (Å²) < 4.78 is 5.54. The molecular formula is C16H25NO. The van der Waals surface area contributed by atoms with Crippen LogP contribution in [-0.4, -0.2) is 20.7 Å². The molecule has 0 aliphatic heterocycles. The summed E-state index contributed by atoms with van der Waals surface area (Å²) in [5.74, 6) is 0.951. The van der Waals surface area contributed by atoms with Crippen LogP contribution in [0.5, 0.6) is 5.75 Å². The van der Waals surface area contributed by atoms with E-state index >= 15 is 0 Å². The molecular weight excluding hydrogens is 222 g/mol. The van der Waals surface area contributed by atoms with Crippen molar-refractivity contribution in [3.63, 3.8) is 0 Å². The van der Waals surface area contributed by atoms with Gasteiger partial charge in [0.25, 0.3) is 0 Å². The summed E-state index contributed by atoms with van der Waals surface area (Å²) in [4.78, 5) is 2.16. The van der Waals surface area contributed by atoms with Gasteiger partial charge in [-0.25, -0.2) is 0 Å². The number of hydrogen-bond donors (Lipinski definition) is 0. The molecule has 2 heteroatoms. The second-order valence-corrected chi connectivity index (χ2v) is 5.76. The minimum atomic E-state index is 0.140. The van der Waals surface area contributed by atoms with E-state index in [1.807, 2.05) is 6.08 Å². The van der Waals surface area contributed by atoms with E-state index in [2.05, 4.69) is 58.4 Å². The van der Waals surface area contributed by atoms with Crippen LogP contribution >= 0.6 is 0 Å². The second kappa shape index (κ2) is 5.47. The van der Waals surface area contributed by atoms with E-state index in [1.54, 1.807) is 7.11 Å². The minimum Gasteiger partial charge on any atom is -0.494 e. The Morgan fingerprint density at radius 3 is 2.39 bits per heavy atom. The van der Waals surface area contributed by atoms with Crippen molar-refractivity contribution in [2.75, 3.05) is 25.6 Å². The second-order valence-electron chi connectivity index (χ2n) is 5.76. The zero-order valence-corrected chi connectivity index (χ0v) is 12.5. The van der Waals surface area contributed by atoms with Crippen LogP contribution in [0.1, 0.15) is 31.9 Å². The third kappa shape index (κ3) is 3.06. The summed E-state index contributed by atoms with van der Waals surface area (Å²) >= 11 is 0. The van der Waals surface area contributed by atoms with Gasteiger partial charge in [0.15, 0.2) is 0 Å². The molecule has 1 aromatic rings. The van der Waals surface area contributed by atoms with Crippen molar-refractivity contribution in [1.29, 1.82) is 0 Å². The Bertz CT molecular complexity index is 429. The van der Waals surface area contributed by atoms with Gasteiger partial charge in [-0.15, -0.1) is 6.58 Å². The molecule has 0 spiro atoms. The summed E-state index contributed by atoms with van der Waals surface area (Å²) in [7, 11) is 3.79. The van der Waals surface area contributed by atoms with Crippen molar-refractivity contribution >= 4 is 5.69 Å². The number of aryl methyl sites for hydroxylation is 1. The zero-order chi connectivity index (χ0) is 13.9. The molecule has 0 aliphatic rings. The lowest BCUT2D eigenvalue weighted by Crippen LogP contribution is -2.20. The average molecular weight is 247 g/mol. The molecule has 0 N–H and O–H groups in total. The van der Waals surface area contributed by atoms with Gasteiger partial charge in [0.1, 0.15) is 5.75 Å². The summed E-state index contributed by atoms with van der Waals surface area (Å²) in [6.45, 7) is 13.4. The molecule has 1 aromatic carbocycles. The van der Waals surface area contributed by atoms with E-state index in [0.717, 1.165) is 18.0 Å². The number of benzene rings is 1. The van der Waals surface area contributed by atoms with Crippen molar-refractivity contribution < 1.29 is 4.74 Å². The van der Waals surface area contributed by atoms with Gasteiger partial charge in [-0.3, -0.25) is 0 Å². The van der Waals surface area contributed by atoms with E-state index in [4.69, 9.17) is 4.74 Å². The van der Waals surface area contributed by atoms with Crippen molar-refractivity contribution in [2.45, 2.75) is 33.1 Å². The van der Waals surface area contributed by atoms with Crippen molar-refractivity contribution in [3.05, 3.63) is 35.9 Å².